The fraction of sp³-hybridized carbons (Fsp3) is 0.300. The van der Waals surface area contributed by atoms with Crippen LogP contribution in [0.2, 0.25) is 0 Å². The molecule has 4 rings (SSSR count). The summed E-state index contributed by atoms with van der Waals surface area (Å²) >= 11 is 3.35. The highest BCUT2D eigenvalue weighted by Crippen LogP contribution is 2.25. The zero-order valence-electron chi connectivity index (χ0n) is 15.9. The van der Waals surface area contributed by atoms with E-state index in [-0.39, 0.29) is 29.0 Å². The Morgan fingerprint density at radius 2 is 2.00 bits per heavy atom. The molecule has 1 aromatic heterocycles. The van der Waals surface area contributed by atoms with Gasteiger partial charge in [-0.25, -0.2) is 18.1 Å². The third-order valence-electron chi connectivity index (χ3n) is 4.85. The highest BCUT2D eigenvalue weighted by molar-refractivity contribution is 9.10. The maximum absolute atomic E-state index is 12.8. The summed E-state index contributed by atoms with van der Waals surface area (Å²) in [6, 6.07) is 12.3. The Balaban J connectivity index is 1.55. The number of hydrogen-bond donors (Lipinski definition) is 2. The van der Waals surface area contributed by atoms with Crippen LogP contribution in [0.4, 0.5) is 0 Å². The smallest absolute Gasteiger partial charge is 0.252 e. The number of halogens is 1. The molecule has 7 nitrogen and oxygen atoms in total. The van der Waals surface area contributed by atoms with Gasteiger partial charge in [0.05, 0.1) is 28.0 Å². The summed E-state index contributed by atoms with van der Waals surface area (Å²) in [5, 5.41) is 2.86. The van der Waals surface area contributed by atoms with Gasteiger partial charge in [-0.2, -0.15) is 0 Å². The second-order valence-electron chi connectivity index (χ2n) is 6.98. The second kappa shape index (κ2) is 7.89. The zero-order chi connectivity index (χ0) is 20.6. The molecule has 3 aromatic rings. The van der Waals surface area contributed by atoms with Crippen molar-refractivity contribution in [3.05, 3.63) is 58.3 Å². The van der Waals surface area contributed by atoms with Gasteiger partial charge < -0.3 is 9.88 Å². The molecule has 0 atom stereocenters. The van der Waals surface area contributed by atoms with Crippen LogP contribution in [0.5, 0.6) is 0 Å². The van der Waals surface area contributed by atoms with Gasteiger partial charge in [0.15, 0.2) is 0 Å². The molecule has 1 fully saturated rings. The van der Waals surface area contributed by atoms with Crippen molar-refractivity contribution in [2.24, 2.45) is 0 Å². The monoisotopic (exact) mass is 476 g/mol. The Labute approximate surface area is 177 Å². The molecule has 29 heavy (non-hydrogen) atoms. The number of carbonyl (C=O) groups is 1. The number of aryl methyl sites for hydroxylation is 1. The van der Waals surface area contributed by atoms with E-state index in [1.165, 1.54) is 12.1 Å². The Hall–Kier alpha value is -2.23. The van der Waals surface area contributed by atoms with Gasteiger partial charge in [-0.3, -0.25) is 4.79 Å². The maximum Gasteiger partial charge on any atom is 0.252 e. The van der Waals surface area contributed by atoms with Crippen molar-refractivity contribution in [2.75, 3.05) is 0 Å². The summed E-state index contributed by atoms with van der Waals surface area (Å²) in [6.45, 7) is 3.00. The van der Waals surface area contributed by atoms with Crippen molar-refractivity contribution in [3.63, 3.8) is 0 Å². The number of carbonyl (C=O) groups excluding carboxylic acids is 1. The molecule has 1 aliphatic carbocycles. The number of sulfonamides is 1. The van der Waals surface area contributed by atoms with Crippen LogP contribution in [0.3, 0.4) is 0 Å². The number of fused-ring (bicyclic) bond motifs is 1. The summed E-state index contributed by atoms with van der Waals surface area (Å²) in [5.41, 5.74) is 2.15. The van der Waals surface area contributed by atoms with Crippen molar-refractivity contribution >= 4 is 42.9 Å². The van der Waals surface area contributed by atoms with Gasteiger partial charge in [-0.15, -0.1) is 0 Å². The first-order valence-corrected chi connectivity index (χ1v) is 11.7. The number of aromatic nitrogens is 2. The number of imidazole rings is 1. The van der Waals surface area contributed by atoms with Gasteiger partial charge in [0.2, 0.25) is 10.0 Å². The number of benzene rings is 2. The van der Waals surface area contributed by atoms with E-state index in [4.69, 9.17) is 0 Å². The number of hydrogen-bond acceptors (Lipinski definition) is 4. The average Bonchev–Trinajstić information content (AvgIpc) is 3.42. The first-order valence-electron chi connectivity index (χ1n) is 9.43. The minimum Gasteiger partial charge on any atom is -0.345 e. The van der Waals surface area contributed by atoms with Crippen LogP contribution in [0.15, 0.2) is 51.8 Å². The summed E-state index contributed by atoms with van der Waals surface area (Å²) in [5.74, 6) is 0.382. The van der Waals surface area contributed by atoms with E-state index in [9.17, 15) is 13.2 Å². The number of amides is 1. The first kappa shape index (κ1) is 20.1. The average molecular weight is 477 g/mol. The van der Waals surface area contributed by atoms with Gasteiger partial charge in [0.1, 0.15) is 5.82 Å². The van der Waals surface area contributed by atoms with Crippen LogP contribution in [0, 0.1) is 0 Å². The zero-order valence-corrected chi connectivity index (χ0v) is 18.3. The lowest BCUT2D eigenvalue weighted by Crippen LogP contribution is -2.27. The van der Waals surface area contributed by atoms with Gasteiger partial charge in [0.25, 0.3) is 5.91 Å². The third-order valence-corrected chi connectivity index (χ3v) is 7.06. The minimum atomic E-state index is -3.63. The Bertz CT molecular complexity index is 1190. The van der Waals surface area contributed by atoms with E-state index in [0.29, 0.717) is 4.47 Å². The van der Waals surface area contributed by atoms with E-state index >= 15 is 0 Å². The Kier molecular flexibility index (Phi) is 5.46. The van der Waals surface area contributed by atoms with E-state index in [0.717, 1.165) is 36.2 Å². The van der Waals surface area contributed by atoms with Crippen molar-refractivity contribution in [1.29, 1.82) is 0 Å². The molecule has 1 aliphatic rings. The van der Waals surface area contributed by atoms with E-state index in [1.807, 2.05) is 35.8 Å². The Morgan fingerprint density at radius 3 is 2.72 bits per heavy atom. The lowest BCUT2D eigenvalue weighted by Gasteiger charge is -2.11. The molecule has 9 heteroatoms. The van der Waals surface area contributed by atoms with Gasteiger partial charge in [-0.05, 0) is 66.0 Å². The molecule has 0 saturated heterocycles. The molecular formula is C20H21BrN4O3S. The molecule has 0 unspecified atom stereocenters. The molecular weight excluding hydrogens is 456 g/mol. The first-order chi connectivity index (χ1) is 13.9. The molecule has 1 heterocycles. The second-order valence-corrected chi connectivity index (χ2v) is 9.55. The van der Waals surface area contributed by atoms with Crippen molar-refractivity contribution in [2.45, 2.75) is 43.8 Å². The molecule has 0 spiro atoms. The molecule has 152 valence electrons. The normalized spacial score (nSPS) is 14.3. The van der Waals surface area contributed by atoms with Gasteiger partial charge in [-0.1, -0.05) is 12.1 Å². The summed E-state index contributed by atoms with van der Waals surface area (Å²) < 4.78 is 30.1. The van der Waals surface area contributed by atoms with Gasteiger partial charge in [0, 0.05) is 17.1 Å². The van der Waals surface area contributed by atoms with Crippen molar-refractivity contribution in [1.82, 2.24) is 19.6 Å². The fourth-order valence-electron chi connectivity index (χ4n) is 3.20. The van der Waals surface area contributed by atoms with Crippen molar-refractivity contribution < 1.29 is 13.2 Å². The molecule has 0 bridgehead atoms. The number of nitrogens with one attached hydrogen (secondary N) is 2. The van der Waals surface area contributed by atoms with Crippen LogP contribution >= 0.6 is 15.9 Å². The summed E-state index contributed by atoms with van der Waals surface area (Å²) in [7, 11) is -3.63. The Morgan fingerprint density at radius 1 is 1.24 bits per heavy atom. The quantitative estimate of drug-likeness (QED) is 0.547. The number of rotatable bonds is 7. The molecule has 2 N–H and O–H groups in total. The number of nitrogens with zero attached hydrogens (tertiary/aromatic N) is 2. The highest BCUT2D eigenvalue weighted by Gasteiger charge is 2.28. The standard InChI is InChI=1S/C20H21BrN4O3S/c1-2-25-18-6-4-3-5-17(18)23-19(25)12-22-20(26)15-11-14(9-10-16(15)21)29(27,28)24-13-7-8-13/h3-6,9-11,13,24H,2,7-8,12H2,1H3,(H,22,26). The summed E-state index contributed by atoms with van der Waals surface area (Å²) in [4.78, 5) is 17.5. The largest absolute Gasteiger partial charge is 0.345 e. The van der Waals surface area contributed by atoms with E-state index in [2.05, 4.69) is 31.0 Å². The summed E-state index contributed by atoms with van der Waals surface area (Å²) in [6.07, 6.45) is 1.70. The van der Waals surface area contributed by atoms with Crippen LogP contribution in [-0.4, -0.2) is 29.9 Å². The minimum absolute atomic E-state index is 0.00274. The van der Waals surface area contributed by atoms with Gasteiger partial charge >= 0.3 is 0 Å². The SMILES string of the molecule is CCn1c(CNC(=O)c2cc(S(=O)(=O)NC3CC3)ccc2Br)nc2ccccc21. The van der Waals surface area contributed by atoms with Crippen LogP contribution < -0.4 is 10.0 Å². The fourth-order valence-corrected chi connectivity index (χ4v) is 4.96. The highest BCUT2D eigenvalue weighted by atomic mass is 79.9. The molecule has 1 amide bonds. The van der Waals surface area contributed by atoms with Crippen molar-refractivity contribution in [3.8, 4) is 0 Å². The van der Waals surface area contributed by atoms with E-state index in [1.54, 1.807) is 6.07 Å². The van der Waals surface area contributed by atoms with Crippen LogP contribution in [0.25, 0.3) is 11.0 Å². The number of para-hydroxylation sites is 2. The lowest BCUT2D eigenvalue weighted by molar-refractivity contribution is 0.0948. The topological polar surface area (TPSA) is 93.1 Å². The van der Waals surface area contributed by atoms with Crippen LogP contribution in [0.1, 0.15) is 35.9 Å². The van der Waals surface area contributed by atoms with Crippen LogP contribution in [-0.2, 0) is 23.1 Å². The predicted octanol–water partition coefficient (Wildman–Crippen LogP) is 3.19. The predicted molar refractivity (Wildman–Crippen MR) is 114 cm³/mol. The molecule has 2 aromatic carbocycles. The lowest BCUT2D eigenvalue weighted by atomic mass is 10.2. The maximum atomic E-state index is 12.8. The third kappa shape index (κ3) is 4.22. The van der Waals surface area contributed by atoms with E-state index < -0.39 is 10.0 Å². The molecule has 0 radical (unpaired) electrons. The molecule has 0 aliphatic heterocycles. The molecule has 1 saturated carbocycles.